The van der Waals surface area contributed by atoms with Crippen molar-refractivity contribution in [2.75, 3.05) is 24.5 Å². The van der Waals surface area contributed by atoms with Crippen molar-refractivity contribution in [2.24, 2.45) is 0 Å². The summed E-state index contributed by atoms with van der Waals surface area (Å²) < 4.78 is 2.08. The summed E-state index contributed by atoms with van der Waals surface area (Å²) in [5.74, 6) is 0.651. The minimum atomic E-state index is -0.529. The van der Waals surface area contributed by atoms with E-state index in [2.05, 4.69) is 30.8 Å². The quantitative estimate of drug-likeness (QED) is 0.687. The molecule has 8 nitrogen and oxygen atoms in total. The molecule has 1 atom stereocenters. The summed E-state index contributed by atoms with van der Waals surface area (Å²) in [6.45, 7) is 5.14. The van der Waals surface area contributed by atoms with Crippen molar-refractivity contribution in [1.29, 1.82) is 0 Å². The van der Waals surface area contributed by atoms with Gasteiger partial charge in [0, 0.05) is 37.7 Å². The highest BCUT2D eigenvalue weighted by Crippen LogP contribution is 2.46. The Kier molecular flexibility index (Phi) is 4.92. The second kappa shape index (κ2) is 7.78. The largest absolute Gasteiger partial charge is 0.352 e. The predicted octanol–water partition coefficient (Wildman–Crippen LogP) is 2.35. The van der Waals surface area contributed by atoms with Gasteiger partial charge in [-0.05, 0) is 56.7 Å². The Morgan fingerprint density at radius 1 is 1.09 bits per heavy atom. The van der Waals surface area contributed by atoms with Gasteiger partial charge in [-0.15, -0.1) is 0 Å². The molecule has 1 saturated heterocycles. The van der Waals surface area contributed by atoms with E-state index >= 15 is 0 Å². The zero-order valence-electron chi connectivity index (χ0n) is 18.2. The molecule has 1 fully saturated rings. The van der Waals surface area contributed by atoms with Gasteiger partial charge in [-0.25, -0.2) is 4.98 Å². The fourth-order valence-electron chi connectivity index (χ4n) is 4.89. The van der Waals surface area contributed by atoms with E-state index in [-0.39, 0.29) is 24.4 Å². The number of fused-ring (bicyclic) bond motifs is 4. The molecular formula is C24H26N6O2. The number of nitrogens with one attached hydrogen (secondary N) is 1. The third-order valence-electron chi connectivity index (χ3n) is 6.20. The van der Waals surface area contributed by atoms with Crippen LogP contribution in [0.3, 0.4) is 0 Å². The van der Waals surface area contributed by atoms with Crippen molar-refractivity contribution in [3.63, 3.8) is 0 Å². The number of hydrogen-bond acceptors (Lipinski definition) is 5. The highest BCUT2D eigenvalue weighted by atomic mass is 16.2. The standard InChI is InChI=1S/C24H26N6O2/c1-17(2)27-21(31)15-30-19-8-5-12-26-22(19)29-13-6-9-20(29)24(30)10-14-28(16-24)23(32)18-7-3-4-11-25-18/h3-9,11-13,17H,10,14-16H2,1-2H3,(H,27,31)/t24-/m0/s1. The maximum atomic E-state index is 13.2. The molecule has 2 amide bonds. The molecule has 0 radical (unpaired) electrons. The normalized spacial score (nSPS) is 19.2. The third-order valence-corrected chi connectivity index (χ3v) is 6.20. The van der Waals surface area contributed by atoms with Crippen molar-refractivity contribution in [3.05, 3.63) is 72.4 Å². The number of likely N-dealkylation sites (tertiary alicyclic amines) is 1. The number of amides is 2. The van der Waals surface area contributed by atoms with Gasteiger partial charge >= 0.3 is 0 Å². The first-order valence-electron chi connectivity index (χ1n) is 10.9. The SMILES string of the molecule is CC(C)NC(=O)CN1c2cccnc2-n2cccc2[C@@]12CCN(C(=O)c1ccccn1)C2. The Balaban J connectivity index is 1.56. The van der Waals surface area contributed by atoms with E-state index < -0.39 is 5.54 Å². The molecule has 3 aromatic heterocycles. The summed E-state index contributed by atoms with van der Waals surface area (Å²) >= 11 is 0. The molecule has 164 valence electrons. The van der Waals surface area contributed by atoms with Gasteiger partial charge in [0.25, 0.3) is 5.91 Å². The van der Waals surface area contributed by atoms with E-state index in [1.807, 2.05) is 49.2 Å². The van der Waals surface area contributed by atoms with E-state index in [1.165, 1.54) is 0 Å². The number of pyridine rings is 2. The molecule has 1 N–H and O–H groups in total. The zero-order valence-corrected chi connectivity index (χ0v) is 18.2. The lowest BCUT2D eigenvalue weighted by molar-refractivity contribution is -0.120. The highest BCUT2D eigenvalue weighted by Gasteiger charge is 2.51. The van der Waals surface area contributed by atoms with Crippen molar-refractivity contribution < 1.29 is 9.59 Å². The van der Waals surface area contributed by atoms with Crippen molar-refractivity contribution in [3.8, 4) is 5.82 Å². The third kappa shape index (κ3) is 3.23. The molecular weight excluding hydrogens is 404 g/mol. The Bertz CT molecular complexity index is 1160. The van der Waals surface area contributed by atoms with Crippen LogP contribution in [0.25, 0.3) is 5.82 Å². The van der Waals surface area contributed by atoms with Crippen LogP contribution in [-0.4, -0.2) is 56.9 Å². The molecule has 5 heterocycles. The molecule has 0 unspecified atom stereocenters. The van der Waals surface area contributed by atoms with Crippen LogP contribution in [0.1, 0.15) is 36.5 Å². The fourth-order valence-corrected chi connectivity index (χ4v) is 4.89. The lowest BCUT2D eigenvalue weighted by Crippen LogP contribution is -2.56. The molecule has 2 aliphatic heterocycles. The Labute approximate surface area is 186 Å². The molecule has 1 spiro atoms. The average Bonchev–Trinajstić information content (AvgIpc) is 3.45. The molecule has 32 heavy (non-hydrogen) atoms. The lowest BCUT2D eigenvalue weighted by Gasteiger charge is -2.46. The number of aromatic nitrogens is 3. The molecule has 0 aromatic carbocycles. The van der Waals surface area contributed by atoms with Crippen LogP contribution in [0.15, 0.2) is 61.1 Å². The minimum Gasteiger partial charge on any atom is -0.352 e. The van der Waals surface area contributed by atoms with Crippen LogP contribution in [0.4, 0.5) is 5.69 Å². The van der Waals surface area contributed by atoms with Crippen molar-refractivity contribution in [2.45, 2.75) is 31.8 Å². The maximum Gasteiger partial charge on any atom is 0.272 e. The predicted molar refractivity (Wildman–Crippen MR) is 121 cm³/mol. The van der Waals surface area contributed by atoms with Crippen LogP contribution in [0.2, 0.25) is 0 Å². The molecule has 2 aliphatic rings. The second-order valence-corrected chi connectivity index (χ2v) is 8.64. The fraction of sp³-hybridized carbons (Fsp3) is 0.333. The summed E-state index contributed by atoms with van der Waals surface area (Å²) in [6, 6.07) is 13.4. The maximum absolute atomic E-state index is 13.2. The second-order valence-electron chi connectivity index (χ2n) is 8.64. The van der Waals surface area contributed by atoms with E-state index in [9.17, 15) is 9.59 Å². The van der Waals surface area contributed by atoms with Crippen LogP contribution >= 0.6 is 0 Å². The first-order chi connectivity index (χ1) is 15.5. The molecule has 0 aliphatic carbocycles. The van der Waals surface area contributed by atoms with E-state index in [4.69, 9.17) is 0 Å². The van der Waals surface area contributed by atoms with Crippen LogP contribution < -0.4 is 10.2 Å². The number of carbonyl (C=O) groups is 2. The van der Waals surface area contributed by atoms with Gasteiger partial charge in [0.2, 0.25) is 5.91 Å². The lowest BCUT2D eigenvalue weighted by atomic mass is 9.88. The topological polar surface area (TPSA) is 83.4 Å². The first-order valence-corrected chi connectivity index (χ1v) is 10.9. The van der Waals surface area contributed by atoms with E-state index in [1.54, 1.807) is 24.5 Å². The van der Waals surface area contributed by atoms with Crippen LogP contribution in [-0.2, 0) is 10.3 Å². The summed E-state index contributed by atoms with van der Waals surface area (Å²) in [6.07, 6.45) is 6.10. The molecule has 3 aromatic rings. The number of anilines is 1. The monoisotopic (exact) mass is 430 g/mol. The van der Waals surface area contributed by atoms with Gasteiger partial charge in [-0.1, -0.05) is 6.07 Å². The summed E-state index contributed by atoms with van der Waals surface area (Å²) in [4.78, 5) is 38.9. The number of rotatable bonds is 4. The van der Waals surface area contributed by atoms with Gasteiger partial charge in [-0.2, -0.15) is 0 Å². The highest BCUT2D eigenvalue weighted by molar-refractivity contribution is 5.93. The summed E-state index contributed by atoms with van der Waals surface area (Å²) in [5.41, 5.74) is 1.83. The van der Waals surface area contributed by atoms with Gasteiger partial charge in [-0.3, -0.25) is 14.6 Å². The average molecular weight is 431 g/mol. The van der Waals surface area contributed by atoms with Crippen LogP contribution in [0.5, 0.6) is 0 Å². The number of nitrogens with zero attached hydrogens (tertiary/aromatic N) is 5. The van der Waals surface area contributed by atoms with E-state index in [0.717, 1.165) is 17.2 Å². The Hall–Kier alpha value is -3.68. The van der Waals surface area contributed by atoms with E-state index in [0.29, 0.717) is 25.2 Å². The minimum absolute atomic E-state index is 0.0475. The number of hydrogen-bond donors (Lipinski definition) is 1. The zero-order chi connectivity index (χ0) is 22.3. The number of carbonyl (C=O) groups excluding carboxylic acids is 2. The Morgan fingerprint density at radius 3 is 2.72 bits per heavy atom. The van der Waals surface area contributed by atoms with Crippen LogP contribution in [0, 0.1) is 0 Å². The smallest absolute Gasteiger partial charge is 0.272 e. The first kappa shape index (κ1) is 20.2. The molecule has 0 bridgehead atoms. The van der Waals surface area contributed by atoms with Crippen molar-refractivity contribution in [1.82, 2.24) is 24.8 Å². The van der Waals surface area contributed by atoms with Crippen molar-refractivity contribution >= 4 is 17.5 Å². The van der Waals surface area contributed by atoms with Gasteiger partial charge < -0.3 is 19.7 Å². The Morgan fingerprint density at radius 2 is 1.94 bits per heavy atom. The van der Waals surface area contributed by atoms with Gasteiger partial charge in [0.1, 0.15) is 11.2 Å². The van der Waals surface area contributed by atoms with Gasteiger partial charge in [0.15, 0.2) is 5.82 Å². The van der Waals surface area contributed by atoms with Gasteiger partial charge in [0.05, 0.1) is 17.9 Å². The molecule has 0 saturated carbocycles. The molecule has 8 heteroatoms. The molecule has 5 rings (SSSR count). The summed E-state index contributed by atoms with van der Waals surface area (Å²) in [5, 5.41) is 3.01. The summed E-state index contributed by atoms with van der Waals surface area (Å²) in [7, 11) is 0.